The Morgan fingerprint density at radius 2 is 1.07 bits per heavy atom. The van der Waals surface area contributed by atoms with E-state index in [2.05, 4.69) is 28.7 Å². The molecule has 0 aliphatic carbocycles. The molecule has 0 aliphatic heterocycles. The van der Waals surface area contributed by atoms with Crippen LogP contribution in [0.25, 0.3) is 0 Å². The summed E-state index contributed by atoms with van der Waals surface area (Å²) in [4.78, 5) is 46.0. The van der Waals surface area contributed by atoms with E-state index in [9.17, 15) is 58.7 Å². The van der Waals surface area contributed by atoms with Gasteiger partial charge in [-0.2, -0.15) is 0 Å². The number of hydrogen-bond acceptors (Lipinski definition) is 19. The third-order valence-electron chi connectivity index (χ3n) is 12.3. The van der Waals surface area contributed by atoms with Crippen molar-refractivity contribution >= 4 is 133 Å². The fraction of sp³-hybridized carbons (Fsp3) is 0.604. The zero-order valence-electron chi connectivity index (χ0n) is 54.1. The van der Waals surface area contributed by atoms with E-state index >= 15 is 0 Å². The van der Waals surface area contributed by atoms with Crippen molar-refractivity contribution in [3.63, 3.8) is 0 Å². The molecule has 41 heteroatoms. The standard InChI is InChI=1S/C15H20Cl2N3O4P.C15H23ClN3O4PS.C12H21ClN3O4PS.C11H21ClN5O4P/c1-15(2,24-25(18,23)19(11-9-16)12-10-17)8-7-13-3-5-14(6-4-13)20(21)22;1-4-10-18(11-9-16)24(17,22)23-12-15(2,3)8-7-13-5-6-14(25-13)19(20)21;1-4-6-15(7-5-13)21(14,19)20-10(3)11-8-9(2)12(22-11)16(17)18;1-4-6-16(7-5-12)22(13,20)21-9(2)10-8-14-11(15(10)3)17(18)19/h3-6H,9-12H2,1-2H3,(H2,18,23);5-6H,4,9-12H2,1-3H3,(H2,17,22);8,10H,4-7H2,1-3H3,(H2,14,19);8-9H,4-7H2,1-3H3,(H2,13,20). The second-order valence-electron chi connectivity index (χ2n) is 21.2. The van der Waals surface area contributed by atoms with Gasteiger partial charge < -0.3 is 14.6 Å². The summed E-state index contributed by atoms with van der Waals surface area (Å²) in [7, 11) is -12.6. The van der Waals surface area contributed by atoms with E-state index in [-0.39, 0.29) is 59.0 Å². The maximum Gasteiger partial charge on any atom is 0.434 e. The second kappa shape index (κ2) is 42.4. The first-order valence-corrected chi connectivity index (χ1v) is 39.6. The first kappa shape index (κ1) is 88.5. The molecule has 6 unspecified atom stereocenters. The molecular weight excluding hydrogens is 1450 g/mol. The fourth-order valence-electron chi connectivity index (χ4n) is 7.75. The number of non-ortho nitro benzene ring substituents is 1. The van der Waals surface area contributed by atoms with Crippen molar-refractivity contribution in [2.75, 3.05) is 88.4 Å². The van der Waals surface area contributed by atoms with Gasteiger partial charge in [0.15, 0.2) is 0 Å². The van der Waals surface area contributed by atoms with E-state index < -0.39 is 73.6 Å². The molecule has 30 nitrogen and oxygen atoms in total. The number of imidazole rings is 1. The number of aromatic nitrogens is 2. The number of halogens is 5. The molecule has 0 amide bonds. The van der Waals surface area contributed by atoms with Crippen LogP contribution in [0.4, 0.5) is 21.6 Å². The van der Waals surface area contributed by atoms with Crippen LogP contribution in [0.15, 0.2) is 48.7 Å². The van der Waals surface area contributed by atoms with Crippen LogP contribution in [0.3, 0.4) is 0 Å². The van der Waals surface area contributed by atoms with Gasteiger partial charge in [0.25, 0.3) is 5.69 Å². The van der Waals surface area contributed by atoms with Gasteiger partial charge in [-0.05, 0) is 96.9 Å². The maximum absolute atomic E-state index is 12.7. The number of nitrogens with zero attached hydrogens (tertiary/aromatic N) is 10. The van der Waals surface area contributed by atoms with Crippen molar-refractivity contribution in [1.29, 1.82) is 0 Å². The number of aryl methyl sites for hydroxylation is 1. The molecule has 0 radical (unpaired) electrons. The molecule has 4 rings (SSSR count). The predicted octanol–water partition coefficient (Wildman–Crippen LogP) is 14.1. The van der Waals surface area contributed by atoms with Gasteiger partial charge in [-0.25, -0.2) is 45.3 Å². The minimum Gasteiger partial charge on any atom is -0.390 e. The molecule has 0 saturated heterocycles. The lowest BCUT2D eigenvalue weighted by Gasteiger charge is -2.31. The summed E-state index contributed by atoms with van der Waals surface area (Å²) < 4.78 is 79.8. The number of alkyl halides is 5. The summed E-state index contributed by atoms with van der Waals surface area (Å²) in [6.45, 7) is 20.9. The first-order chi connectivity index (χ1) is 43.7. The van der Waals surface area contributed by atoms with Gasteiger partial charge in [0.2, 0.25) is 0 Å². The Morgan fingerprint density at radius 1 is 0.617 bits per heavy atom. The molecule has 4 aromatic rings. The molecule has 1 aromatic carbocycles. The van der Waals surface area contributed by atoms with Crippen LogP contribution in [-0.4, -0.2) is 142 Å². The number of benzene rings is 1. The molecule has 3 aromatic heterocycles. The molecule has 6 atom stereocenters. The highest BCUT2D eigenvalue weighted by atomic mass is 35.5. The molecule has 0 saturated carbocycles. The van der Waals surface area contributed by atoms with Crippen LogP contribution >= 0.6 is 111 Å². The normalized spacial score (nSPS) is 14.8. The Balaban J connectivity index is 0.000000628. The van der Waals surface area contributed by atoms with E-state index in [1.807, 2.05) is 34.6 Å². The number of nitro benzene ring substituents is 1. The third-order valence-corrected chi connectivity index (χ3v) is 22.6. The number of nitro groups is 4. The topological polar surface area (TPSA) is 413 Å². The highest BCUT2D eigenvalue weighted by molar-refractivity contribution is 7.54. The van der Waals surface area contributed by atoms with Gasteiger partial charge in [-0.15, -0.1) is 58.0 Å². The molecule has 8 N–H and O–H groups in total. The lowest BCUT2D eigenvalue weighted by Crippen LogP contribution is -2.34. The van der Waals surface area contributed by atoms with Crippen molar-refractivity contribution in [3.8, 4) is 23.7 Å². The summed E-state index contributed by atoms with van der Waals surface area (Å²) in [5, 5.41) is 43.1. The van der Waals surface area contributed by atoms with Gasteiger partial charge in [0.1, 0.15) is 23.6 Å². The minimum absolute atomic E-state index is 0.0229. The van der Waals surface area contributed by atoms with Gasteiger partial charge >= 0.3 is 46.6 Å². The molecule has 94 heavy (non-hydrogen) atoms. The lowest BCUT2D eigenvalue weighted by atomic mass is 9.96. The number of hydrogen-bond donors (Lipinski definition) is 4. The van der Waals surface area contributed by atoms with Gasteiger partial charge in [0.05, 0.1) is 44.8 Å². The van der Waals surface area contributed by atoms with Crippen LogP contribution in [0.2, 0.25) is 0 Å². The van der Waals surface area contributed by atoms with E-state index in [4.69, 9.17) is 98.1 Å². The van der Waals surface area contributed by atoms with Crippen molar-refractivity contribution in [3.05, 3.63) is 116 Å². The van der Waals surface area contributed by atoms with Crippen molar-refractivity contribution in [2.24, 2.45) is 34.5 Å². The second-order valence-corrected chi connectivity index (χ2v) is 32.8. The Kier molecular flexibility index (Phi) is 39.9. The van der Waals surface area contributed by atoms with Crippen molar-refractivity contribution in [2.45, 2.75) is 106 Å². The molecule has 0 fully saturated rings. The highest BCUT2D eigenvalue weighted by Gasteiger charge is 2.36. The molecule has 0 aliphatic rings. The monoisotopic (exact) mass is 1540 g/mol. The smallest absolute Gasteiger partial charge is 0.390 e. The lowest BCUT2D eigenvalue weighted by molar-refractivity contribution is -0.396. The van der Waals surface area contributed by atoms with Gasteiger partial charge in [-0.3, -0.25) is 62.2 Å². The molecular formula is C53H85Cl5N14O16P4S2. The van der Waals surface area contributed by atoms with Crippen LogP contribution in [0, 0.1) is 76.5 Å². The molecule has 530 valence electrons. The van der Waals surface area contributed by atoms with E-state index in [1.165, 1.54) is 62.2 Å². The average molecular weight is 1540 g/mol. The van der Waals surface area contributed by atoms with Crippen molar-refractivity contribution < 1.29 is 56.0 Å². The molecule has 3 heterocycles. The Morgan fingerprint density at radius 3 is 1.47 bits per heavy atom. The summed E-state index contributed by atoms with van der Waals surface area (Å²) in [5.74, 6) is 12.6. The Bertz CT molecular complexity index is 3370. The summed E-state index contributed by atoms with van der Waals surface area (Å²) in [6.07, 6.45) is 2.29. The quantitative estimate of drug-likeness (QED) is 0.0109. The Labute approximate surface area is 582 Å². The number of rotatable bonds is 35. The average Bonchev–Trinajstić information content (AvgIpc) is 1.39. The SMILES string of the molecule is CC(C)(C#Cc1ccc([N+](=O)[O-])cc1)OP(N)(=O)N(CCCl)CCCl.CCCN(CCCl)P(N)(=O)OC(C)c1cc(C)c([N+](=O)[O-])s1.CCCN(CCCl)P(N)(=O)OC(C)c1cnc([N+](=O)[O-])n1C.CCCN(CCCl)P(N)(=O)OCC(C)(C)C#Cc1ccc([N+](=O)[O-])s1. The summed E-state index contributed by atoms with van der Waals surface area (Å²) in [6, 6.07) is 10.4. The Hall–Kier alpha value is -3.56. The summed E-state index contributed by atoms with van der Waals surface area (Å²) in [5.41, 5.74) is 23.2. The van der Waals surface area contributed by atoms with Crippen LogP contribution in [0.5, 0.6) is 0 Å². The maximum atomic E-state index is 12.7. The van der Waals surface area contributed by atoms with E-state index in [1.54, 1.807) is 51.4 Å². The van der Waals surface area contributed by atoms with Gasteiger partial charge in [0, 0.05) is 116 Å². The number of nitrogens with two attached hydrogens (primary N) is 4. The molecule has 0 bridgehead atoms. The van der Waals surface area contributed by atoms with Crippen LogP contribution in [0.1, 0.15) is 120 Å². The first-order valence-electron chi connectivity index (χ1n) is 28.7. The highest BCUT2D eigenvalue weighted by Crippen LogP contribution is 2.50. The van der Waals surface area contributed by atoms with Crippen LogP contribution < -0.4 is 22.0 Å². The predicted molar refractivity (Wildman–Crippen MR) is 375 cm³/mol. The van der Waals surface area contributed by atoms with E-state index in [0.29, 0.717) is 77.6 Å². The fourth-order valence-corrected chi connectivity index (χ4v) is 17.3. The van der Waals surface area contributed by atoms with Crippen LogP contribution in [-0.2, 0) is 43.4 Å². The zero-order valence-corrected chi connectivity index (χ0v) is 63.1. The summed E-state index contributed by atoms with van der Waals surface area (Å²) >= 11 is 30.5. The molecule has 0 spiro atoms. The largest absolute Gasteiger partial charge is 0.434 e. The van der Waals surface area contributed by atoms with Crippen molar-refractivity contribution in [1.82, 2.24) is 28.2 Å². The van der Waals surface area contributed by atoms with E-state index in [0.717, 1.165) is 41.9 Å². The zero-order chi connectivity index (χ0) is 72.0. The van der Waals surface area contributed by atoms with Gasteiger partial charge in [-0.1, -0.05) is 72.1 Å². The third kappa shape index (κ3) is 31.1. The number of thiophene rings is 2. The minimum atomic E-state index is -3.63.